The summed E-state index contributed by atoms with van der Waals surface area (Å²) in [6.07, 6.45) is 2.13. The molecule has 0 fully saturated rings. The molecule has 1 aliphatic heterocycles. The zero-order chi connectivity index (χ0) is 16.1. The van der Waals surface area contributed by atoms with Crippen LogP contribution >= 0.6 is 0 Å². The van der Waals surface area contributed by atoms with Crippen LogP contribution < -0.4 is 10.1 Å². The quantitative estimate of drug-likeness (QED) is 0.862. The number of ether oxygens (including phenoxy) is 1. The highest BCUT2D eigenvalue weighted by atomic mass is 19.1. The summed E-state index contributed by atoms with van der Waals surface area (Å²) in [5.74, 6) is 0.771. The number of nitrogens with one attached hydrogen (secondary N) is 1. The molecule has 1 aliphatic rings. The Morgan fingerprint density at radius 3 is 2.57 bits per heavy atom. The number of para-hydroxylation sites is 1. The molecule has 0 unspecified atom stereocenters. The lowest BCUT2D eigenvalue weighted by Crippen LogP contribution is -2.25. The van der Waals surface area contributed by atoms with Crippen LogP contribution in [0, 0.1) is 5.82 Å². The second kappa shape index (κ2) is 6.87. The van der Waals surface area contributed by atoms with E-state index in [2.05, 4.69) is 10.3 Å². The second-order valence-electron chi connectivity index (χ2n) is 5.01. The Balaban J connectivity index is 1.61. The van der Waals surface area contributed by atoms with Crippen LogP contribution in [0.2, 0.25) is 0 Å². The highest BCUT2D eigenvalue weighted by Gasteiger charge is 2.19. The first-order valence-corrected chi connectivity index (χ1v) is 7.25. The lowest BCUT2D eigenvalue weighted by Gasteiger charge is -2.05. The van der Waals surface area contributed by atoms with Gasteiger partial charge in [0, 0.05) is 6.42 Å². The van der Waals surface area contributed by atoms with Crippen LogP contribution in [0.25, 0.3) is 6.08 Å². The summed E-state index contributed by atoms with van der Waals surface area (Å²) < 4.78 is 18.5. The molecular weight excluding hydrogens is 295 g/mol. The number of amides is 1. The van der Waals surface area contributed by atoms with Crippen LogP contribution in [0.5, 0.6) is 5.75 Å². The number of rotatable bonds is 5. The molecule has 0 aromatic heterocycles. The molecule has 1 amide bonds. The van der Waals surface area contributed by atoms with E-state index < -0.39 is 0 Å². The van der Waals surface area contributed by atoms with Crippen molar-refractivity contribution in [1.29, 1.82) is 0 Å². The number of amidine groups is 1. The average molecular weight is 310 g/mol. The van der Waals surface area contributed by atoms with E-state index in [1.165, 1.54) is 12.1 Å². The number of nitrogens with zero attached hydrogens (tertiary/aromatic N) is 1. The first kappa shape index (κ1) is 15.0. The number of carbonyl (C=O) groups excluding carboxylic acids is 1. The number of hydrogen-bond acceptors (Lipinski definition) is 3. The van der Waals surface area contributed by atoms with Gasteiger partial charge in [0.1, 0.15) is 23.1 Å². The van der Waals surface area contributed by atoms with Crippen molar-refractivity contribution in [2.75, 3.05) is 6.61 Å². The van der Waals surface area contributed by atoms with Crippen molar-refractivity contribution >= 4 is 17.8 Å². The molecule has 3 rings (SSSR count). The van der Waals surface area contributed by atoms with Gasteiger partial charge in [-0.3, -0.25) is 4.79 Å². The van der Waals surface area contributed by atoms with Gasteiger partial charge in [-0.05, 0) is 35.9 Å². The number of hydrogen-bond donors (Lipinski definition) is 1. The Morgan fingerprint density at radius 1 is 1.09 bits per heavy atom. The molecule has 1 N–H and O–H groups in total. The summed E-state index contributed by atoms with van der Waals surface area (Å²) in [4.78, 5) is 16.1. The molecule has 0 aliphatic carbocycles. The fourth-order valence-electron chi connectivity index (χ4n) is 2.13. The average Bonchev–Trinajstić information content (AvgIpc) is 2.90. The summed E-state index contributed by atoms with van der Waals surface area (Å²) in [5.41, 5.74) is 1.04. The second-order valence-corrected chi connectivity index (χ2v) is 5.01. The Morgan fingerprint density at radius 2 is 1.83 bits per heavy atom. The summed E-state index contributed by atoms with van der Waals surface area (Å²) in [7, 11) is 0. The smallest absolute Gasteiger partial charge is 0.275 e. The Labute approximate surface area is 133 Å². The van der Waals surface area contributed by atoms with E-state index >= 15 is 0 Å². The van der Waals surface area contributed by atoms with Crippen molar-refractivity contribution in [2.45, 2.75) is 6.42 Å². The number of benzene rings is 2. The first-order chi connectivity index (χ1) is 11.2. The Hall–Kier alpha value is -2.95. The third-order valence-electron chi connectivity index (χ3n) is 3.27. The molecule has 0 atom stereocenters. The topological polar surface area (TPSA) is 50.7 Å². The van der Waals surface area contributed by atoms with Gasteiger partial charge in [-0.25, -0.2) is 9.38 Å². The highest BCUT2D eigenvalue weighted by Crippen LogP contribution is 2.14. The number of carbonyl (C=O) groups is 1. The maximum atomic E-state index is 12.9. The largest absolute Gasteiger partial charge is 0.493 e. The fraction of sp³-hybridized carbons (Fsp3) is 0.111. The Kier molecular flexibility index (Phi) is 4.47. The van der Waals surface area contributed by atoms with Crippen molar-refractivity contribution in [1.82, 2.24) is 5.32 Å². The molecule has 4 nitrogen and oxygen atoms in total. The molecule has 0 saturated carbocycles. The van der Waals surface area contributed by atoms with Crippen LogP contribution in [-0.4, -0.2) is 18.3 Å². The van der Waals surface area contributed by atoms with Gasteiger partial charge >= 0.3 is 0 Å². The minimum Gasteiger partial charge on any atom is -0.493 e. The van der Waals surface area contributed by atoms with Gasteiger partial charge in [0.2, 0.25) is 0 Å². The summed E-state index contributed by atoms with van der Waals surface area (Å²) in [6.45, 7) is 0.424. The minimum absolute atomic E-state index is 0.260. The highest BCUT2D eigenvalue weighted by molar-refractivity contribution is 6.14. The standard InChI is InChI=1S/C18H15FN2O2/c19-14-8-6-13(7-9-14)12-16-18(22)21-17(20-16)10-11-23-15-4-2-1-3-5-15/h1-9,12H,10-11H2,(H,20,21,22)/b16-12+. The molecule has 116 valence electrons. The van der Waals surface area contributed by atoms with Gasteiger partial charge < -0.3 is 10.1 Å². The minimum atomic E-state index is -0.315. The van der Waals surface area contributed by atoms with E-state index in [-0.39, 0.29) is 11.7 Å². The van der Waals surface area contributed by atoms with Crippen LogP contribution in [0.4, 0.5) is 4.39 Å². The van der Waals surface area contributed by atoms with Crippen LogP contribution in [-0.2, 0) is 4.79 Å². The number of aliphatic imine (C=N–C) groups is 1. The lowest BCUT2D eigenvalue weighted by atomic mass is 10.2. The molecule has 5 heteroatoms. The number of halogens is 1. The first-order valence-electron chi connectivity index (χ1n) is 7.25. The van der Waals surface area contributed by atoms with E-state index in [4.69, 9.17) is 4.74 Å². The van der Waals surface area contributed by atoms with Crippen molar-refractivity contribution in [3.05, 3.63) is 71.7 Å². The predicted octanol–water partition coefficient (Wildman–Crippen LogP) is 3.16. The molecule has 0 radical (unpaired) electrons. The predicted molar refractivity (Wildman–Crippen MR) is 86.5 cm³/mol. The fourth-order valence-corrected chi connectivity index (χ4v) is 2.13. The molecule has 1 heterocycles. The van der Waals surface area contributed by atoms with E-state index in [1.54, 1.807) is 18.2 Å². The molecule has 2 aromatic carbocycles. The van der Waals surface area contributed by atoms with Gasteiger partial charge in [-0.15, -0.1) is 0 Å². The molecule has 0 bridgehead atoms. The van der Waals surface area contributed by atoms with E-state index in [9.17, 15) is 9.18 Å². The van der Waals surface area contributed by atoms with Crippen LogP contribution in [0.15, 0.2) is 65.3 Å². The maximum absolute atomic E-state index is 12.9. The molecule has 0 saturated heterocycles. The van der Waals surface area contributed by atoms with Gasteiger partial charge in [0.15, 0.2) is 0 Å². The molecule has 0 spiro atoms. The van der Waals surface area contributed by atoms with Gasteiger partial charge in [0.05, 0.1) is 6.61 Å². The van der Waals surface area contributed by atoms with E-state index in [0.717, 1.165) is 11.3 Å². The van der Waals surface area contributed by atoms with Gasteiger partial charge in [-0.2, -0.15) is 0 Å². The van der Waals surface area contributed by atoms with Crippen molar-refractivity contribution in [3.63, 3.8) is 0 Å². The van der Waals surface area contributed by atoms with Gasteiger partial charge in [0.25, 0.3) is 5.91 Å². The van der Waals surface area contributed by atoms with Crippen LogP contribution in [0.1, 0.15) is 12.0 Å². The van der Waals surface area contributed by atoms with Crippen molar-refractivity contribution < 1.29 is 13.9 Å². The normalized spacial score (nSPS) is 15.4. The summed E-state index contributed by atoms with van der Waals surface area (Å²) >= 11 is 0. The SMILES string of the molecule is O=C1NC(CCOc2ccccc2)=N/C1=C/c1ccc(F)cc1. The summed E-state index contributed by atoms with van der Waals surface area (Å²) in [5, 5.41) is 2.71. The zero-order valence-electron chi connectivity index (χ0n) is 12.3. The molecule has 23 heavy (non-hydrogen) atoms. The van der Waals surface area contributed by atoms with Crippen molar-refractivity contribution in [2.24, 2.45) is 4.99 Å². The summed E-state index contributed by atoms with van der Waals surface area (Å²) in [6, 6.07) is 15.3. The van der Waals surface area contributed by atoms with E-state index in [1.807, 2.05) is 30.3 Å². The van der Waals surface area contributed by atoms with Gasteiger partial charge in [-0.1, -0.05) is 30.3 Å². The van der Waals surface area contributed by atoms with Crippen LogP contribution in [0.3, 0.4) is 0 Å². The lowest BCUT2D eigenvalue weighted by molar-refractivity contribution is -0.115. The van der Waals surface area contributed by atoms with Crippen molar-refractivity contribution in [3.8, 4) is 5.75 Å². The van der Waals surface area contributed by atoms with E-state index in [0.29, 0.717) is 24.6 Å². The Bertz CT molecular complexity index is 752. The third kappa shape index (κ3) is 4.03. The maximum Gasteiger partial charge on any atom is 0.275 e. The third-order valence-corrected chi connectivity index (χ3v) is 3.27. The molecular formula is C18H15FN2O2. The monoisotopic (exact) mass is 310 g/mol. The molecule has 2 aromatic rings. The zero-order valence-corrected chi connectivity index (χ0v) is 12.3.